The molecular formula is C13H20F3N5O. The topological polar surface area (TPSA) is 53.4 Å². The number of amides is 2. The second-order valence-corrected chi connectivity index (χ2v) is 5.49. The van der Waals surface area contributed by atoms with Gasteiger partial charge in [0.2, 0.25) is 0 Å². The van der Waals surface area contributed by atoms with E-state index in [4.69, 9.17) is 0 Å². The summed E-state index contributed by atoms with van der Waals surface area (Å²) in [5, 5.41) is 2.74. The van der Waals surface area contributed by atoms with E-state index in [-0.39, 0.29) is 31.7 Å². The number of nitrogens with one attached hydrogen (secondary N) is 1. The van der Waals surface area contributed by atoms with E-state index >= 15 is 0 Å². The molecule has 1 atom stereocenters. The Bertz CT molecular complexity index is 516. The Morgan fingerprint density at radius 2 is 2.18 bits per heavy atom. The third-order valence-electron chi connectivity index (χ3n) is 3.75. The Hall–Kier alpha value is -1.77. The number of halogens is 3. The fraction of sp³-hybridized carbons (Fsp3) is 0.692. The van der Waals surface area contributed by atoms with E-state index in [1.807, 2.05) is 7.05 Å². The highest BCUT2D eigenvalue weighted by atomic mass is 19.4. The first-order chi connectivity index (χ1) is 10.3. The molecule has 0 aliphatic carbocycles. The van der Waals surface area contributed by atoms with E-state index in [2.05, 4.69) is 10.3 Å². The highest BCUT2D eigenvalue weighted by Crippen LogP contribution is 2.20. The number of aryl methyl sites for hydroxylation is 1. The number of hydrogen-bond donors (Lipinski definition) is 1. The second-order valence-electron chi connectivity index (χ2n) is 5.49. The van der Waals surface area contributed by atoms with Crippen molar-refractivity contribution < 1.29 is 18.0 Å². The minimum Gasteiger partial charge on any atom is -0.337 e. The average Bonchev–Trinajstić information content (AvgIpc) is 2.82. The van der Waals surface area contributed by atoms with Crippen molar-refractivity contribution in [2.75, 3.05) is 26.2 Å². The first-order valence-corrected chi connectivity index (χ1v) is 7.06. The maximum atomic E-state index is 12.4. The van der Waals surface area contributed by atoms with E-state index in [0.29, 0.717) is 6.54 Å². The molecule has 1 N–H and O–H groups in total. The standard InChI is InChI=1S/C13H20F3N5O/c1-10-8-20(5-6-21(10)9-13(14,15)16)12(22)18-7-11-17-3-4-19(11)2/h3-4,10H,5-9H2,1-2H3,(H,18,22)/t10-/m1/s1. The third-order valence-corrected chi connectivity index (χ3v) is 3.75. The molecule has 0 bridgehead atoms. The van der Waals surface area contributed by atoms with Gasteiger partial charge < -0.3 is 14.8 Å². The van der Waals surface area contributed by atoms with Crippen molar-refractivity contribution in [3.8, 4) is 0 Å². The zero-order chi connectivity index (χ0) is 16.3. The van der Waals surface area contributed by atoms with Gasteiger partial charge >= 0.3 is 12.2 Å². The smallest absolute Gasteiger partial charge is 0.337 e. The Kier molecular flexibility index (Phi) is 4.94. The van der Waals surface area contributed by atoms with Gasteiger partial charge in [-0.25, -0.2) is 9.78 Å². The van der Waals surface area contributed by atoms with E-state index < -0.39 is 12.7 Å². The van der Waals surface area contributed by atoms with Gasteiger partial charge in [0.05, 0.1) is 13.1 Å². The lowest BCUT2D eigenvalue weighted by Crippen LogP contribution is -2.57. The predicted molar refractivity (Wildman–Crippen MR) is 74.1 cm³/mol. The molecule has 1 aliphatic heterocycles. The molecule has 22 heavy (non-hydrogen) atoms. The van der Waals surface area contributed by atoms with Crippen LogP contribution in [0.5, 0.6) is 0 Å². The van der Waals surface area contributed by atoms with Crippen LogP contribution in [-0.2, 0) is 13.6 Å². The zero-order valence-electron chi connectivity index (χ0n) is 12.6. The summed E-state index contributed by atoms with van der Waals surface area (Å²) in [5.74, 6) is 0.720. The Balaban J connectivity index is 1.82. The van der Waals surface area contributed by atoms with Gasteiger partial charge in [-0.2, -0.15) is 13.2 Å². The van der Waals surface area contributed by atoms with Crippen molar-refractivity contribution in [2.24, 2.45) is 7.05 Å². The highest BCUT2D eigenvalue weighted by molar-refractivity contribution is 5.74. The molecule has 1 aromatic heterocycles. The number of nitrogens with zero attached hydrogens (tertiary/aromatic N) is 4. The zero-order valence-corrected chi connectivity index (χ0v) is 12.6. The molecule has 1 saturated heterocycles. The minimum absolute atomic E-state index is 0.219. The molecule has 0 radical (unpaired) electrons. The summed E-state index contributed by atoms with van der Waals surface area (Å²) >= 11 is 0. The van der Waals surface area contributed by atoms with Crippen LogP contribution in [0.15, 0.2) is 12.4 Å². The molecule has 6 nitrogen and oxygen atoms in total. The molecule has 0 spiro atoms. The number of hydrogen-bond acceptors (Lipinski definition) is 3. The quantitative estimate of drug-likeness (QED) is 0.911. The van der Waals surface area contributed by atoms with Crippen LogP contribution in [0.3, 0.4) is 0 Å². The van der Waals surface area contributed by atoms with Crippen LogP contribution in [0, 0.1) is 0 Å². The number of rotatable bonds is 3. The average molecular weight is 319 g/mol. The largest absolute Gasteiger partial charge is 0.401 e. The van der Waals surface area contributed by atoms with Crippen molar-refractivity contribution in [2.45, 2.75) is 25.7 Å². The van der Waals surface area contributed by atoms with Gasteiger partial charge in [0.25, 0.3) is 0 Å². The summed E-state index contributed by atoms with van der Waals surface area (Å²) in [6, 6.07) is -0.601. The van der Waals surface area contributed by atoms with E-state index in [0.717, 1.165) is 5.82 Å². The maximum Gasteiger partial charge on any atom is 0.401 e. The molecule has 2 rings (SSSR count). The van der Waals surface area contributed by atoms with Crippen LogP contribution in [0.25, 0.3) is 0 Å². The van der Waals surface area contributed by atoms with E-state index in [9.17, 15) is 18.0 Å². The maximum absolute atomic E-state index is 12.4. The third kappa shape index (κ3) is 4.36. The van der Waals surface area contributed by atoms with Gasteiger partial charge in [-0.1, -0.05) is 0 Å². The first kappa shape index (κ1) is 16.6. The van der Waals surface area contributed by atoms with Crippen LogP contribution < -0.4 is 5.32 Å². The number of urea groups is 1. The summed E-state index contributed by atoms with van der Waals surface area (Å²) in [6.45, 7) is 1.84. The van der Waals surface area contributed by atoms with Gasteiger partial charge in [0, 0.05) is 45.1 Å². The van der Waals surface area contributed by atoms with Gasteiger partial charge in [0.15, 0.2) is 0 Å². The lowest BCUT2D eigenvalue weighted by atomic mass is 10.2. The molecule has 9 heteroatoms. The van der Waals surface area contributed by atoms with Crippen LogP contribution in [0.1, 0.15) is 12.7 Å². The van der Waals surface area contributed by atoms with Gasteiger partial charge in [-0.3, -0.25) is 4.90 Å². The number of aromatic nitrogens is 2. The first-order valence-electron chi connectivity index (χ1n) is 7.06. The Morgan fingerprint density at radius 3 is 2.73 bits per heavy atom. The molecular weight excluding hydrogens is 299 g/mol. The summed E-state index contributed by atoms with van der Waals surface area (Å²) in [7, 11) is 1.83. The monoisotopic (exact) mass is 319 g/mol. The molecule has 1 fully saturated rings. The molecule has 1 aromatic rings. The van der Waals surface area contributed by atoms with Crippen LogP contribution in [-0.4, -0.2) is 63.8 Å². The fourth-order valence-electron chi connectivity index (χ4n) is 2.48. The lowest BCUT2D eigenvalue weighted by Gasteiger charge is -2.39. The lowest BCUT2D eigenvalue weighted by molar-refractivity contribution is -0.153. The number of carbonyl (C=O) groups is 1. The van der Waals surface area contributed by atoms with Gasteiger partial charge in [-0.05, 0) is 6.92 Å². The molecule has 0 aromatic carbocycles. The van der Waals surface area contributed by atoms with Crippen molar-refractivity contribution in [1.82, 2.24) is 24.7 Å². The SMILES string of the molecule is C[C@@H]1CN(C(=O)NCc2nccn2C)CCN1CC(F)(F)F. The summed E-state index contributed by atoms with van der Waals surface area (Å²) in [4.78, 5) is 19.1. The van der Waals surface area contributed by atoms with Crippen molar-refractivity contribution in [3.05, 3.63) is 18.2 Å². The molecule has 0 unspecified atom stereocenters. The molecule has 2 amide bonds. The van der Waals surface area contributed by atoms with E-state index in [1.54, 1.807) is 28.8 Å². The number of piperazine rings is 1. The Morgan fingerprint density at radius 1 is 1.45 bits per heavy atom. The number of carbonyl (C=O) groups excluding carboxylic acids is 1. The normalized spacial score (nSPS) is 20.2. The molecule has 0 saturated carbocycles. The molecule has 1 aliphatic rings. The molecule has 124 valence electrons. The van der Waals surface area contributed by atoms with Crippen molar-refractivity contribution in [1.29, 1.82) is 0 Å². The van der Waals surface area contributed by atoms with Gasteiger partial charge in [-0.15, -0.1) is 0 Å². The minimum atomic E-state index is -4.21. The van der Waals surface area contributed by atoms with Crippen LogP contribution in [0.4, 0.5) is 18.0 Å². The number of imidazole rings is 1. The Labute approximate surface area is 126 Å². The van der Waals surface area contributed by atoms with Crippen LogP contribution in [0.2, 0.25) is 0 Å². The predicted octanol–water partition coefficient (Wildman–Crippen LogP) is 1.20. The van der Waals surface area contributed by atoms with Crippen LogP contribution >= 0.6 is 0 Å². The summed E-state index contributed by atoms with van der Waals surface area (Å²) < 4.78 is 39.1. The van der Waals surface area contributed by atoms with Gasteiger partial charge in [0.1, 0.15) is 5.82 Å². The van der Waals surface area contributed by atoms with Crippen molar-refractivity contribution >= 4 is 6.03 Å². The number of alkyl halides is 3. The fourth-order valence-corrected chi connectivity index (χ4v) is 2.48. The second kappa shape index (κ2) is 6.55. The van der Waals surface area contributed by atoms with E-state index in [1.165, 1.54) is 4.90 Å². The summed E-state index contributed by atoms with van der Waals surface area (Å²) in [6.07, 6.45) is -0.796. The molecule has 2 heterocycles. The highest BCUT2D eigenvalue weighted by Gasteiger charge is 2.35. The summed E-state index contributed by atoms with van der Waals surface area (Å²) in [5.41, 5.74) is 0. The van der Waals surface area contributed by atoms with Crippen molar-refractivity contribution in [3.63, 3.8) is 0 Å².